The van der Waals surface area contributed by atoms with Crippen LogP contribution in [0.4, 0.5) is 0 Å². The molecule has 0 saturated carbocycles. The lowest BCUT2D eigenvalue weighted by Gasteiger charge is -2.21. The zero-order valence-electron chi connectivity index (χ0n) is 7.27. The molecule has 2 N–H and O–H groups in total. The summed E-state index contributed by atoms with van der Waals surface area (Å²) < 4.78 is 14.9. The van der Waals surface area contributed by atoms with E-state index in [0.29, 0.717) is 0 Å². The van der Waals surface area contributed by atoms with Crippen molar-refractivity contribution in [2.24, 2.45) is 5.41 Å². The van der Waals surface area contributed by atoms with Crippen molar-refractivity contribution in [3.8, 4) is 0 Å². The van der Waals surface area contributed by atoms with Crippen molar-refractivity contribution >= 4 is 13.6 Å². The largest absolute Gasteiger partial charge is 0.469 e. The molecule has 0 saturated heterocycles. The molecule has 12 heavy (non-hydrogen) atoms. The third-order valence-electron chi connectivity index (χ3n) is 1.34. The SMILES string of the molecule is COC(=O)C(C)(C)CP(=O)(O)O. The molecule has 0 atom stereocenters. The summed E-state index contributed by atoms with van der Waals surface area (Å²) in [5.41, 5.74) is -1.13. The Morgan fingerprint density at radius 3 is 2.17 bits per heavy atom. The summed E-state index contributed by atoms with van der Waals surface area (Å²) in [6.07, 6.45) is -0.493. The molecule has 0 rings (SSSR count). The molecule has 72 valence electrons. The van der Waals surface area contributed by atoms with E-state index >= 15 is 0 Å². The number of methoxy groups -OCH3 is 1. The molecule has 0 bridgehead atoms. The van der Waals surface area contributed by atoms with E-state index in [1.54, 1.807) is 0 Å². The number of ether oxygens (including phenoxy) is 1. The highest BCUT2D eigenvalue weighted by atomic mass is 31.2. The van der Waals surface area contributed by atoms with Gasteiger partial charge in [-0.2, -0.15) is 0 Å². The highest BCUT2D eigenvalue weighted by Crippen LogP contribution is 2.41. The van der Waals surface area contributed by atoms with Gasteiger partial charge in [0, 0.05) is 0 Å². The molecule has 0 radical (unpaired) electrons. The van der Waals surface area contributed by atoms with Crippen molar-refractivity contribution in [2.75, 3.05) is 13.3 Å². The summed E-state index contributed by atoms with van der Waals surface area (Å²) >= 11 is 0. The third-order valence-corrected chi connectivity index (χ3v) is 2.54. The highest BCUT2D eigenvalue weighted by molar-refractivity contribution is 7.51. The first-order chi connectivity index (χ1) is 5.19. The minimum atomic E-state index is -4.16. The summed E-state index contributed by atoms with van der Waals surface area (Å²) in [4.78, 5) is 28.1. The van der Waals surface area contributed by atoms with Crippen LogP contribution in [-0.4, -0.2) is 29.0 Å². The predicted molar refractivity (Wildman–Crippen MR) is 42.7 cm³/mol. The van der Waals surface area contributed by atoms with Gasteiger partial charge in [0.05, 0.1) is 18.7 Å². The van der Waals surface area contributed by atoms with Crippen molar-refractivity contribution in [1.82, 2.24) is 0 Å². The molecular formula is C6H13O5P. The molecule has 6 heteroatoms. The van der Waals surface area contributed by atoms with Crippen LogP contribution < -0.4 is 0 Å². The van der Waals surface area contributed by atoms with Crippen LogP contribution in [-0.2, 0) is 14.1 Å². The van der Waals surface area contributed by atoms with Gasteiger partial charge >= 0.3 is 13.6 Å². The van der Waals surface area contributed by atoms with Gasteiger partial charge in [0.1, 0.15) is 0 Å². The Morgan fingerprint density at radius 1 is 1.50 bits per heavy atom. The quantitative estimate of drug-likeness (QED) is 0.503. The fourth-order valence-electron chi connectivity index (χ4n) is 0.856. The Bertz CT molecular complexity index is 216. The predicted octanol–water partition coefficient (Wildman–Crippen LogP) is 0.363. The lowest BCUT2D eigenvalue weighted by atomic mass is 9.97. The van der Waals surface area contributed by atoms with Crippen LogP contribution >= 0.6 is 7.60 Å². The van der Waals surface area contributed by atoms with Crippen molar-refractivity contribution in [2.45, 2.75) is 13.8 Å². The molecular weight excluding hydrogens is 183 g/mol. The second-order valence-corrected chi connectivity index (χ2v) is 4.84. The van der Waals surface area contributed by atoms with Crippen LogP contribution in [0.3, 0.4) is 0 Å². The Kier molecular flexibility index (Phi) is 3.45. The first-order valence-corrected chi connectivity index (χ1v) is 5.12. The average Bonchev–Trinajstić information content (AvgIpc) is 1.80. The van der Waals surface area contributed by atoms with Crippen molar-refractivity contribution in [1.29, 1.82) is 0 Å². The monoisotopic (exact) mass is 196 g/mol. The van der Waals surface area contributed by atoms with Crippen molar-refractivity contribution in [3.05, 3.63) is 0 Å². The average molecular weight is 196 g/mol. The molecule has 0 aliphatic carbocycles. The fraction of sp³-hybridized carbons (Fsp3) is 0.833. The van der Waals surface area contributed by atoms with Crippen molar-refractivity contribution in [3.63, 3.8) is 0 Å². The standard InChI is InChI=1S/C6H13O5P/c1-6(2,5(7)11-3)4-12(8,9)10/h4H2,1-3H3,(H2,8,9,10). The maximum atomic E-state index is 10.9. The molecule has 0 aromatic heterocycles. The van der Waals surface area contributed by atoms with Gasteiger partial charge in [-0.3, -0.25) is 9.36 Å². The molecule has 0 heterocycles. The number of esters is 1. The first-order valence-electron chi connectivity index (χ1n) is 3.32. The van der Waals surface area contributed by atoms with Gasteiger partial charge in [0.25, 0.3) is 0 Å². The summed E-state index contributed by atoms with van der Waals surface area (Å²) in [6, 6.07) is 0. The van der Waals surface area contributed by atoms with E-state index in [9.17, 15) is 9.36 Å². The van der Waals surface area contributed by atoms with E-state index in [-0.39, 0.29) is 0 Å². The molecule has 0 fully saturated rings. The second-order valence-electron chi connectivity index (χ2n) is 3.20. The normalized spacial score (nSPS) is 12.8. The number of carbonyl (C=O) groups excluding carboxylic acids is 1. The first kappa shape index (κ1) is 11.6. The minimum absolute atomic E-state index is 0.493. The minimum Gasteiger partial charge on any atom is -0.469 e. The third kappa shape index (κ3) is 3.85. The zero-order valence-corrected chi connectivity index (χ0v) is 8.17. The van der Waals surface area contributed by atoms with Crippen LogP contribution in [0.25, 0.3) is 0 Å². The van der Waals surface area contributed by atoms with Crippen LogP contribution in [0.2, 0.25) is 0 Å². The van der Waals surface area contributed by atoms with Crippen LogP contribution in [0.5, 0.6) is 0 Å². The van der Waals surface area contributed by atoms with Gasteiger partial charge in [-0.15, -0.1) is 0 Å². The van der Waals surface area contributed by atoms with Gasteiger partial charge in [-0.05, 0) is 13.8 Å². The lowest BCUT2D eigenvalue weighted by Crippen LogP contribution is -2.29. The number of carbonyl (C=O) groups is 1. The van der Waals surface area contributed by atoms with Crippen molar-refractivity contribution < 1.29 is 23.9 Å². The maximum Gasteiger partial charge on any atom is 0.326 e. The van der Waals surface area contributed by atoms with E-state index < -0.39 is 25.1 Å². The number of hydrogen-bond donors (Lipinski definition) is 2. The Balaban J connectivity index is 4.43. The van der Waals surface area contributed by atoms with E-state index in [4.69, 9.17) is 9.79 Å². The zero-order chi connectivity index (χ0) is 9.99. The topological polar surface area (TPSA) is 83.8 Å². The lowest BCUT2D eigenvalue weighted by molar-refractivity contribution is -0.149. The molecule has 0 amide bonds. The molecule has 0 spiro atoms. The van der Waals surface area contributed by atoms with Gasteiger partial charge in [0.15, 0.2) is 0 Å². The second kappa shape index (κ2) is 3.56. The molecule has 5 nitrogen and oxygen atoms in total. The number of hydrogen-bond acceptors (Lipinski definition) is 3. The van der Waals surface area contributed by atoms with E-state index in [1.807, 2.05) is 0 Å². The molecule has 0 aliphatic heterocycles. The van der Waals surface area contributed by atoms with Gasteiger partial charge in [-0.1, -0.05) is 0 Å². The van der Waals surface area contributed by atoms with Crippen LogP contribution in [0.15, 0.2) is 0 Å². The maximum absolute atomic E-state index is 10.9. The van der Waals surface area contributed by atoms with E-state index in [2.05, 4.69) is 4.74 Å². The summed E-state index contributed by atoms with van der Waals surface area (Å²) in [5, 5.41) is 0. The summed E-state index contributed by atoms with van der Waals surface area (Å²) in [5.74, 6) is -0.620. The van der Waals surface area contributed by atoms with E-state index in [1.165, 1.54) is 21.0 Å². The Morgan fingerprint density at radius 2 is 1.92 bits per heavy atom. The Labute approximate surface area is 70.9 Å². The van der Waals surface area contributed by atoms with Gasteiger partial charge in [0.2, 0.25) is 0 Å². The van der Waals surface area contributed by atoms with Gasteiger partial charge < -0.3 is 14.5 Å². The summed E-state index contributed by atoms with van der Waals surface area (Å²) in [6.45, 7) is 2.86. The van der Waals surface area contributed by atoms with E-state index in [0.717, 1.165) is 0 Å². The molecule has 0 aromatic carbocycles. The van der Waals surface area contributed by atoms with Gasteiger partial charge in [-0.25, -0.2) is 0 Å². The Hall–Kier alpha value is -0.380. The summed E-state index contributed by atoms with van der Waals surface area (Å²) in [7, 11) is -2.97. The molecule has 0 unspecified atom stereocenters. The fourth-order valence-corrected chi connectivity index (χ4v) is 2.01. The number of rotatable bonds is 3. The highest BCUT2D eigenvalue weighted by Gasteiger charge is 2.35. The smallest absolute Gasteiger partial charge is 0.326 e. The molecule has 0 aromatic rings. The van der Waals surface area contributed by atoms with Crippen LogP contribution in [0, 0.1) is 5.41 Å². The molecule has 0 aliphatic rings. The van der Waals surface area contributed by atoms with Crippen LogP contribution in [0.1, 0.15) is 13.8 Å².